The minimum atomic E-state index is 0.940. The van der Waals surface area contributed by atoms with E-state index in [4.69, 9.17) is 0 Å². The Balaban J connectivity index is 1.87. The number of rotatable bonds is 4. The third kappa shape index (κ3) is 3.30. The van der Waals surface area contributed by atoms with Crippen LogP contribution in [-0.2, 0) is 6.42 Å². The van der Waals surface area contributed by atoms with Crippen molar-refractivity contribution in [1.82, 2.24) is 4.98 Å². The average molecular weight is 246 g/mol. The van der Waals surface area contributed by atoms with Gasteiger partial charge in [0.05, 0.1) is 5.01 Å². The molecule has 0 saturated carbocycles. The van der Waals surface area contributed by atoms with Gasteiger partial charge in [0.15, 0.2) is 0 Å². The predicted octanol–water partition coefficient (Wildman–Crippen LogP) is 3.72. The average Bonchev–Trinajstić information content (AvgIpc) is 2.70. The second-order valence-corrected chi connectivity index (χ2v) is 5.30. The Labute approximate surface area is 107 Å². The number of nitrogens with zero attached hydrogens (tertiary/aromatic N) is 1. The fourth-order valence-corrected chi connectivity index (χ4v) is 2.46. The van der Waals surface area contributed by atoms with Gasteiger partial charge in [-0.2, -0.15) is 0 Å². The van der Waals surface area contributed by atoms with Gasteiger partial charge in [-0.25, -0.2) is 4.98 Å². The SMILES string of the molecule is Cc1csc(CCNc2ccc(C)c(C)c2)n1. The smallest absolute Gasteiger partial charge is 0.0945 e. The molecule has 0 saturated heterocycles. The second kappa shape index (κ2) is 5.32. The van der Waals surface area contributed by atoms with E-state index in [1.54, 1.807) is 11.3 Å². The van der Waals surface area contributed by atoms with E-state index in [9.17, 15) is 0 Å². The highest BCUT2D eigenvalue weighted by molar-refractivity contribution is 7.09. The molecule has 0 aliphatic heterocycles. The van der Waals surface area contributed by atoms with Gasteiger partial charge in [0.1, 0.15) is 0 Å². The quantitative estimate of drug-likeness (QED) is 0.889. The monoisotopic (exact) mass is 246 g/mol. The molecule has 0 unspecified atom stereocenters. The predicted molar refractivity (Wildman–Crippen MR) is 75.0 cm³/mol. The Morgan fingerprint density at radius 3 is 2.65 bits per heavy atom. The molecular weight excluding hydrogens is 228 g/mol. The highest BCUT2D eigenvalue weighted by atomic mass is 32.1. The van der Waals surface area contributed by atoms with Crippen LogP contribution in [0.4, 0.5) is 5.69 Å². The van der Waals surface area contributed by atoms with Crippen LogP contribution in [0, 0.1) is 20.8 Å². The summed E-state index contributed by atoms with van der Waals surface area (Å²) in [7, 11) is 0. The van der Waals surface area contributed by atoms with Crippen molar-refractivity contribution >= 4 is 17.0 Å². The molecule has 0 radical (unpaired) electrons. The van der Waals surface area contributed by atoms with E-state index in [2.05, 4.69) is 47.7 Å². The van der Waals surface area contributed by atoms with Crippen molar-refractivity contribution < 1.29 is 0 Å². The maximum atomic E-state index is 4.45. The van der Waals surface area contributed by atoms with Crippen LogP contribution in [0.1, 0.15) is 21.8 Å². The standard InChI is InChI=1S/C14H18N2S/c1-10-4-5-13(8-11(10)2)15-7-6-14-16-12(3)9-17-14/h4-5,8-9,15H,6-7H2,1-3H3. The second-order valence-electron chi connectivity index (χ2n) is 4.36. The summed E-state index contributed by atoms with van der Waals surface area (Å²) in [5, 5.41) is 6.75. The molecule has 0 fully saturated rings. The van der Waals surface area contributed by atoms with Crippen LogP contribution in [-0.4, -0.2) is 11.5 Å². The molecule has 17 heavy (non-hydrogen) atoms. The lowest BCUT2D eigenvalue weighted by Crippen LogP contribution is -2.04. The molecule has 0 bridgehead atoms. The van der Waals surface area contributed by atoms with Gasteiger partial charge in [0.2, 0.25) is 0 Å². The summed E-state index contributed by atoms with van der Waals surface area (Å²) in [6.45, 7) is 7.26. The summed E-state index contributed by atoms with van der Waals surface area (Å²) in [4.78, 5) is 4.45. The van der Waals surface area contributed by atoms with Crippen LogP contribution in [0.3, 0.4) is 0 Å². The van der Waals surface area contributed by atoms with E-state index in [1.807, 2.05) is 6.92 Å². The van der Waals surface area contributed by atoms with Crippen molar-refractivity contribution in [3.63, 3.8) is 0 Å². The first-order valence-electron chi connectivity index (χ1n) is 5.87. The van der Waals surface area contributed by atoms with E-state index in [1.165, 1.54) is 21.8 Å². The van der Waals surface area contributed by atoms with Gasteiger partial charge in [0, 0.05) is 29.7 Å². The number of anilines is 1. The minimum Gasteiger partial charge on any atom is -0.385 e. The third-order valence-electron chi connectivity index (χ3n) is 2.84. The lowest BCUT2D eigenvalue weighted by Gasteiger charge is -2.07. The number of aryl methyl sites for hydroxylation is 3. The number of aromatic nitrogens is 1. The van der Waals surface area contributed by atoms with Crippen LogP contribution in [0.5, 0.6) is 0 Å². The molecule has 1 aromatic heterocycles. The van der Waals surface area contributed by atoms with Gasteiger partial charge in [-0.15, -0.1) is 11.3 Å². The molecule has 1 heterocycles. The Kier molecular flexibility index (Phi) is 3.79. The zero-order valence-corrected chi connectivity index (χ0v) is 11.4. The molecule has 3 heteroatoms. The zero-order valence-electron chi connectivity index (χ0n) is 10.6. The van der Waals surface area contributed by atoms with Crippen LogP contribution in [0.25, 0.3) is 0 Å². The molecule has 0 aliphatic carbocycles. The molecule has 0 atom stereocenters. The first-order chi connectivity index (χ1) is 8.15. The van der Waals surface area contributed by atoms with Crippen molar-refractivity contribution in [2.45, 2.75) is 27.2 Å². The number of hydrogen-bond donors (Lipinski definition) is 1. The molecule has 2 rings (SSSR count). The molecule has 0 aliphatic rings. The summed E-state index contributed by atoms with van der Waals surface area (Å²) in [5.74, 6) is 0. The lowest BCUT2D eigenvalue weighted by molar-refractivity contribution is 0.986. The maximum absolute atomic E-state index is 4.45. The lowest BCUT2D eigenvalue weighted by atomic mass is 10.1. The Bertz CT molecular complexity index is 503. The van der Waals surface area contributed by atoms with E-state index in [-0.39, 0.29) is 0 Å². The molecule has 2 aromatic rings. The number of nitrogens with one attached hydrogen (secondary N) is 1. The molecular formula is C14H18N2S. The third-order valence-corrected chi connectivity index (χ3v) is 3.87. The molecule has 90 valence electrons. The first-order valence-corrected chi connectivity index (χ1v) is 6.75. The van der Waals surface area contributed by atoms with Crippen molar-refractivity contribution in [2.75, 3.05) is 11.9 Å². The molecule has 0 spiro atoms. The van der Waals surface area contributed by atoms with Crippen LogP contribution >= 0.6 is 11.3 Å². The largest absolute Gasteiger partial charge is 0.385 e. The Hall–Kier alpha value is -1.35. The molecule has 1 N–H and O–H groups in total. The number of hydrogen-bond acceptors (Lipinski definition) is 3. The van der Waals surface area contributed by atoms with Crippen molar-refractivity contribution in [3.05, 3.63) is 45.4 Å². The summed E-state index contributed by atoms with van der Waals surface area (Å²) >= 11 is 1.74. The number of benzene rings is 1. The fraction of sp³-hybridized carbons (Fsp3) is 0.357. The normalized spacial score (nSPS) is 10.5. The summed E-state index contributed by atoms with van der Waals surface area (Å²) in [6.07, 6.45) is 0.991. The Morgan fingerprint density at radius 1 is 1.18 bits per heavy atom. The van der Waals surface area contributed by atoms with Crippen LogP contribution in [0.2, 0.25) is 0 Å². The Morgan fingerprint density at radius 2 is 2.00 bits per heavy atom. The molecule has 1 aromatic carbocycles. The van der Waals surface area contributed by atoms with E-state index < -0.39 is 0 Å². The highest BCUT2D eigenvalue weighted by Gasteiger charge is 1.99. The van der Waals surface area contributed by atoms with Crippen molar-refractivity contribution in [3.8, 4) is 0 Å². The van der Waals surface area contributed by atoms with Gasteiger partial charge in [-0.1, -0.05) is 6.07 Å². The zero-order chi connectivity index (χ0) is 12.3. The summed E-state index contributed by atoms with van der Waals surface area (Å²) in [5.41, 5.74) is 4.99. The van der Waals surface area contributed by atoms with E-state index >= 15 is 0 Å². The fourth-order valence-electron chi connectivity index (χ4n) is 1.68. The summed E-state index contributed by atoms with van der Waals surface area (Å²) in [6, 6.07) is 6.49. The van der Waals surface area contributed by atoms with Crippen LogP contribution < -0.4 is 5.32 Å². The van der Waals surface area contributed by atoms with Gasteiger partial charge in [0.25, 0.3) is 0 Å². The maximum Gasteiger partial charge on any atom is 0.0945 e. The molecule has 0 amide bonds. The summed E-state index contributed by atoms with van der Waals surface area (Å²) < 4.78 is 0. The molecule has 2 nitrogen and oxygen atoms in total. The van der Waals surface area contributed by atoms with Gasteiger partial charge in [-0.3, -0.25) is 0 Å². The van der Waals surface area contributed by atoms with Crippen molar-refractivity contribution in [1.29, 1.82) is 0 Å². The highest BCUT2D eigenvalue weighted by Crippen LogP contribution is 2.14. The van der Waals surface area contributed by atoms with Gasteiger partial charge >= 0.3 is 0 Å². The van der Waals surface area contributed by atoms with E-state index in [0.717, 1.165) is 18.7 Å². The topological polar surface area (TPSA) is 24.9 Å². The van der Waals surface area contributed by atoms with Gasteiger partial charge in [-0.05, 0) is 44.0 Å². The van der Waals surface area contributed by atoms with Crippen LogP contribution in [0.15, 0.2) is 23.6 Å². The minimum absolute atomic E-state index is 0.940. The van der Waals surface area contributed by atoms with Crippen molar-refractivity contribution in [2.24, 2.45) is 0 Å². The first kappa shape index (κ1) is 12.1. The van der Waals surface area contributed by atoms with E-state index in [0.29, 0.717) is 0 Å². The number of thiazole rings is 1. The van der Waals surface area contributed by atoms with Gasteiger partial charge < -0.3 is 5.32 Å².